The number of allylic oxidation sites excluding steroid dienone is 2. The third-order valence-electron chi connectivity index (χ3n) is 4.45. The molecule has 0 aliphatic carbocycles. The van der Waals surface area contributed by atoms with E-state index >= 15 is 0 Å². The van der Waals surface area contributed by atoms with E-state index in [0.717, 1.165) is 5.47 Å². The normalized spacial score (nSPS) is 19.4. The molecule has 0 N–H and O–H groups in total. The van der Waals surface area contributed by atoms with Crippen molar-refractivity contribution in [2.24, 2.45) is 7.05 Å². The summed E-state index contributed by atoms with van der Waals surface area (Å²) >= 11 is 0. The van der Waals surface area contributed by atoms with Gasteiger partial charge in [0.2, 0.25) is 0 Å². The van der Waals surface area contributed by atoms with Gasteiger partial charge in [-0.25, -0.2) is 9.78 Å². The minimum atomic E-state index is -0.532. The molecular formula is C17H25BN2O4. The van der Waals surface area contributed by atoms with Crippen LogP contribution in [0.25, 0.3) is 6.08 Å². The van der Waals surface area contributed by atoms with Gasteiger partial charge in [-0.05, 0) is 46.2 Å². The predicted octanol–water partition coefficient (Wildman–Crippen LogP) is 2.80. The topological polar surface area (TPSA) is 62.6 Å². The highest BCUT2D eigenvalue weighted by Gasteiger charge is 2.52. The molecule has 1 aromatic heterocycles. The van der Waals surface area contributed by atoms with Gasteiger partial charge in [-0.3, -0.25) is 0 Å². The fourth-order valence-electron chi connectivity index (χ4n) is 2.27. The van der Waals surface area contributed by atoms with E-state index in [9.17, 15) is 4.79 Å². The first-order valence-corrected chi connectivity index (χ1v) is 8.01. The van der Waals surface area contributed by atoms with Crippen LogP contribution in [-0.2, 0) is 21.1 Å². The zero-order chi connectivity index (χ0) is 18.1. The molecule has 1 fully saturated rings. The molecule has 0 aromatic carbocycles. The highest BCUT2D eigenvalue weighted by molar-refractivity contribution is 6.56. The Morgan fingerprint density at radius 3 is 2.46 bits per heavy atom. The monoisotopic (exact) mass is 332 g/mol. The number of carbonyl (C=O) groups is 1. The summed E-state index contributed by atoms with van der Waals surface area (Å²) in [5, 5.41) is 0. The fourth-order valence-corrected chi connectivity index (χ4v) is 2.27. The number of aryl methyl sites for hydroxylation is 1. The van der Waals surface area contributed by atoms with E-state index in [1.54, 1.807) is 29.8 Å². The highest BCUT2D eigenvalue weighted by Crippen LogP contribution is 2.38. The molecule has 0 radical (unpaired) electrons. The molecule has 0 unspecified atom stereocenters. The molecule has 0 atom stereocenters. The van der Waals surface area contributed by atoms with Gasteiger partial charge in [-0.1, -0.05) is 12.7 Å². The highest BCUT2D eigenvalue weighted by atomic mass is 16.7. The van der Waals surface area contributed by atoms with E-state index in [1.165, 1.54) is 0 Å². The molecule has 7 heteroatoms. The fraction of sp³-hybridized carbons (Fsp3) is 0.529. The molecule has 6 nitrogen and oxygen atoms in total. The maximum absolute atomic E-state index is 11.8. The lowest BCUT2D eigenvalue weighted by Crippen LogP contribution is -2.41. The molecule has 1 aliphatic rings. The second kappa shape index (κ2) is 6.57. The lowest BCUT2D eigenvalue weighted by atomic mass is 9.78. The molecule has 1 aromatic rings. The van der Waals surface area contributed by atoms with Crippen LogP contribution in [-0.4, -0.2) is 40.4 Å². The number of aromatic nitrogens is 2. The Morgan fingerprint density at radius 2 is 1.96 bits per heavy atom. The van der Waals surface area contributed by atoms with Crippen molar-refractivity contribution in [1.82, 2.24) is 9.55 Å². The van der Waals surface area contributed by atoms with Gasteiger partial charge >= 0.3 is 13.1 Å². The standard InChI is InChI=1S/C17H25BN2O4/c1-8-12(18-23-16(3,4)17(5,6)24-18)10-14-19-13(11-20(14)7)15(21)22-9-2/h8,10-11H,1,9H2,2-7H3/b12-10+. The van der Waals surface area contributed by atoms with Crippen LogP contribution >= 0.6 is 0 Å². The number of esters is 1. The molecule has 1 aliphatic heterocycles. The number of ether oxygens (including phenoxy) is 1. The lowest BCUT2D eigenvalue weighted by molar-refractivity contribution is 0.00578. The molecule has 0 saturated carbocycles. The van der Waals surface area contributed by atoms with E-state index in [-0.39, 0.29) is 5.69 Å². The zero-order valence-electron chi connectivity index (χ0n) is 15.3. The summed E-state index contributed by atoms with van der Waals surface area (Å²) in [7, 11) is 1.28. The average Bonchev–Trinajstić information content (AvgIpc) is 2.94. The summed E-state index contributed by atoms with van der Waals surface area (Å²) in [5.41, 5.74) is 0.148. The van der Waals surface area contributed by atoms with Crippen LogP contribution in [0.4, 0.5) is 0 Å². The van der Waals surface area contributed by atoms with Gasteiger partial charge in [-0.15, -0.1) is 0 Å². The van der Waals surface area contributed by atoms with Gasteiger partial charge < -0.3 is 18.6 Å². The third kappa shape index (κ3) is 3.47. The third-order valence-corrected chi connectivity index (χ3v) is 4.45. The van der Waals surface area contributed by atoms with E-state index < -0.39 is 24.3 Å². The molecule has 24 heavy (non-hydrogen) atoms. The summed E-state index contributed by atoms with van der Waals surface area (Å²) in [6.45, 7) is 13.9. The van der Waals surface area contributed by atoms with Crippen LogP contribution in [0.1, 0.15) is 50.9 Å². The molecule has 1 saturated heterocycles. The Kier molecular flexibility index (Phi) is 5.06. The number of carbonyl (C=O) groups excluding carboxylic acids is 1. The maximum Gasteiger partial charge on any atom is 0.494 e. The molecular weight excluding hydrogens is 307 g/mol. The Hall–Kier alpha value is -1.86. The van der Waals surface area contributed by atoms with Crippen molar-refractivity contribution in [3.63, 3.8) is 0 Å². The van der Waals surface area contributed by atoms with Gasteiger partial charge in [0.05, 0.1) is 17.8 Å². The molecule has 0 amide bonds. The SMILES string of the molecule is C=C/C(=C\c1nc(C(=O)OCC)cn1C)B1OC(C)(C)C(C)(C)O1. The summed E-state index contributed by atoms with van der Waals surface area (Å²) in [6.07, 6.45) is 5.12. The van der Waals surface area contributed by atoms with Crippen molar-refractivity contribution in [2.45, 2.75) is 45.8 Å². The first-order valence-electron chi connectivity index (χ1n) is 8.01. The number of hydrogen-bond acceptors (Lipinski definition) is 5. The van der Waals surface area contributed by atoms with Gasteiger partial charge in [0.1, 0.15) is 5.82 Å². The van der Waals surface area contributed by atoms with Crippen molar-refractivity contribution >= 4 is 19.2 Å². The van der Waals surface area contributed by atoms with Crippen LogP contribution in [0, 0.1) is 0 Å². The second-order valence-electron chi connectivity index (χ2n) is 6.75. The smallest absolute Gasteiger partial charge is 0.461 e. The molecule has 0 bridgehead atoms. The Labute approximate surface area is 143 Å². The Morgan fingerprint density at radius 1 is 1.38 bits per heavy atom. The van der Waals surface area contributed by atoms with Gasteiger partial charge in [0.25, 0.3) is 0 Å². The van der Waals surface area contributed by atoms with Crippen molar-refractivity contribution in [3.8, 4) is 0 Å². The van der Waals surface area contributed by atoms with Crippen LogP contribution in [0.3, 0.4) is 0 Å². The quantitative estimate of drug-likeness (QED) is 0.471. The summed E-state index contributed by atoms with van der Waals surface area (Å²) in [6, 6.07) is 0. The van der Waals surface area contributed by atoms with Gasteiger partial charge in [-0.2, -0.15) is 0 Å². The van der Waals surface area contributed by atoms with E-state index in [1.807, 2.05) is 34.7 Å². The van der Waals surface area contributed by atoms with Crippen LogP contribution in [0.5, 0.6) is 0 Å². The Bertz CT molecular complexity index is 660. The lowest BCUT2D eigenvalue weighted by Gasteiger charge is -2.32. The van der Waals surface area contributed by atoms with Crippen molar-refractivity contribution in [2.75, 3.05) is 6.61 Å². The average molecular weight is 332 g/mol. The van der Waals surface area contributed by atoms with Crippen LogP contribution in [0.2, 0.25) is 0 Å². The minimum Gasteiger partial charge on any atom is -0.461 e. The largest absolute Gasteiger partial charge is 0.494 e. The van der Waals surface area contributed by atoms with E-state index in [4.69, 9.17) is 14.0 Å². The number of imidazole rings is 1. The van der Waals surface area contributed by atoms with E-state index in [0.29, 0.717) is 12.4 Å². The van der Waals surface area contributed by atoms with Crippen molar-refractivity contribution < 1.29 is 18.8 Å². The molecule has 130 valence electrons. The van der Waals surface area contributed by atoms with Crippen molar-refractivity contribution in [1.29, 1.82) is 0 Å². The van der Waals surface area contributed by atoms with Gasteiger partial charge in [0, 0.05) is 13.2 Å². The molecule has 2 heterocycles. The van der Waals surface area contributed by atoms with Crippen LogP contribution < -0.4 is 0 Å². The summed E-state index contributed by atoms with van der Waals surface area (Å²) in [5.74, 6) is 0.159. The summed E-state index contributed by atoms with van der Waals surface area (Å²) in [4.78, 5) is 16.1. The predicted molar refractivity (Wildman–Crippen MR) is 93.4 cm³/mol. The molecule has 2 rings (SSSR count). The minimum absolute atomic E-state index is 0.267. The Balaban J connectivity index is 2.29. The van der Waals surface area contributed by atoms with Crippen LogP contribution in [0.15, 0.2) is 24.3 Å². The number of nitrogens with zero attached hydrogens (tertiary/aromatic N) is 2. The second-order valence-corrected chi connectivity index (χ2v) is 6.75. The number of rotatable bonds is 5. The summed E-state index contributed by atoms with van der Waals surface area (Å²) < 4.78 is 18.8. The van der Waals surface area contributed by atoms with E-state index in [2.05, 4.69) is 11.6 Å². The van der Waals surface area contributed by atoms with Gasteiger partial charge in [0.15, 0.2) is 5.69 Å². The first kappa shape index (κ1) is 18.5. The first-order chi connectivity index (χ1) is 11.1. The van der Waals surface area contributed by atoms with Crippen molar-refractivity contribution in [3.05, 3.63) is 35.8 Å². The zero-order valence-corrected chi connectivity index (χ0v) is 15.3. The molecule has 0 spiro atoms. The maximum atomic E-state index is 11.8. The number of hydrogen-bond donors (Lipinski definition) is 0.